The molecule has 3 aromatic rings. The molecule has 0 radical (unpaired) electrons. The molecule has 3 aromatic carbocycles. The van der Waals surface area contributed by atoms with Crippen molar-refractivity contribution in [2.45, 2.75) is 71.9 Å². The first-order chi connectivity index (χ1) is 20.9. The van der Waals surface area contributed by atoms with Crippen molar-refractivity contribution in [3.05, 3.63) is 99.9 Å². The Morgan fingerprint density at radius 3 is 2.11 bits per heavy atom. The van der Waals surface area contributed by atoms with E-state index in [1.54, 1.807) is 12.1 Å². The number of carbonyl (C=O) groups is 1. The Hall–Kier alpha value is -3.52. The number of rotatable bonds is 5. The van der Waals surface area contributed by atoms with Crippen LogP contribution < -0.4 is 0 Å². The van der Waals surface area contributed by atoms with Crippen molar-refractivity contribution in [3.63, 3.8) is 0 Å². The minimum Gasteiger partial charge on any atom is -0.478 e. The molecule has 240 valence electrons. The first-order valence-corrected chi connectivity index (χ1v) is 15.5. The van der Waals surface area contributed by atoms with Crippen LogP contribution in [0.15, 0.2) is 65.6 Å². The van der Waals surface area contributed by atoms with Crippen molar-refractivity contribution < 1.29 is 53.4 Å². The van der Waals surface area contributed by atoms with Crippen LogP contribution in [0.3, 0.4) is 0 Å². The maximum absolute atomic E-state index is 15.0. The lowest BCUT2D eigenvalue weighted by Gasteiger charge is -2.44. The average Bonchev–Trinajstić information content (AvgIpc) is 3.57. The van der Waals surface area contributed by atoms with E-state index >= 15 is 4.39 Å². The zero-order valence-corrected chi connectivity index (χ0v) is 24.0. The van der Waals surface area contributed by atoms with Crippen molar-refractivity contribution in [2.24, 2.45) is 0 Å². The van der Waals surface area contributed by atoms with Gasteiger partial charge in [-0.15, -0.1) is 0 Å². The fraction of sp³-hybridized carbons (Fsp3) is 0.387. The van der Waals surface area contributed by atoms with E-state index in [1.807, 2.05) is 4.90 Å². The number of hydrogen-bond donors (Lipinski definition) is 1. The van der Waals surface area contributed by atoms with Crippen molar-refractivity contribution in [1.29, 1.82) is 0 Å². The van der Waals surface area contributed by atoms with Gasteiger partial charge in [0.25, 0.3) is 0 Å². The van der Waals surface area contributed by atoms with Gasteiger partial charge in [-0.1, -0.05) is 24.3 Å². The molecule has 1 unspecified atom stereocenters. The van der Waals surface area contributed by atoms with Crippen molar-refractivity contribution in [2.75, 3.05) is 6.54 Å². The number of benzene rings is 3. The third kappa shape index (κ3) is 4.49. The summed E-state index contributed by atoms with van der Waals surface area (Å²) in [4.78, 5) is 13.2. The van der Waals surface area contributed by atoms with Gasteiger partial charge >= 0.3 is 24.0 Å². The molecule has 0 bridgehead atoms. The standard InChI is InChI=1S/C31H25F8NO4S/c32-21-5-7-22(8-6-21)45(43,44)28-13-14-40(25-11-2-17-15-19(27(41)42)1-9-23(17)25)26(28)12-3-18-16-20(4-10-24(18)28)29(33,30(34,35)36)31(37,38)39/h1,4-10,15-16,25-26H,2-3,11-14H2,(H,41,42)/t25?,26-,28-/m1/s1. The number of nitrogens with zero attached hydrogens (tertiary/aromatic N) is 1. The fourth-order valence-electron chi connectivity index (χ4n) is 7.53. The SMILES string of the molecule is O=C(O)c1ccc2c(c1)CCC2N1CC[C@@]2(S(=O)(=O)c3ccc(F)cc3)c3ccc(C(F)(C(F)(F)F)C(F)(F)F)cc3CC[C@@H]12. The molecule has 3 aliphatic rings. The number of hydrogen-bond acceptors (Lipinski definition) is 4. The second kappa shape index (κ2) is 10.2. The summed E-state index contributed by atoms with van der Waals surface area (Å²) < 4.78 is 138. The van der Waals surface area contributed by atoms with Crippen LogP contribution in [0.25, 0.3) is 0 Å². The number of aromatic carboxylic acids is 1. The van der Waals surface area contributed by atoms with Gasteiger partial charge in [0, 0.05) is 24.2 Å². The van der Waals surface area contributed by atoms with Gasteiger partial charge in [-0.3, -0.25) is 4.90 Å². The topological polar surface area (TPSA) is 74.7 Å². The molecule has 45 heavy (non-hydrogen) atoms. The molecule has 1 N–H and O–H groups in total. The van der Waals surface area contributed by atoms with Crippen LogP contribution in [0.4, 0.5) is 35.1 Å². The summed E-state index contributed by atoms with van der Waals surface area (Å²) in [5, 5.41) is 9.40. The Kier molecular flexibility index (Phi) is 7.16. The van der Waals surface area contributed by atoms with Gasteiger partial charge in [-0.05, 0) is 90.8 Å². The van der Waals surface area contributed by atoms with Gasteiger partial charge in [-0.25, -0.2) is 22.0 Å². The van der Waals surface area contributed by atoms with Crippen molar-refractivity contribution in [1.82, 2.24) is 4.90 Å². The number of fused-ring (bicyclic) bond motifs is 4. The number of carboxylic acid groups (broad SMARTS) is 1. The largest absolute Gasteiger partial charge is 0.478 e. The monoisotopic (exact) mass is 659 g/mol. The Morgan fingerprint density at radius 1 is 0.844 bits per heavy atom. The van der Waals surface area contributed by atoms with Gasteiger partial charge in [-0.2, -0.15) is 26.3 Å². The normalized spacial score (nSPS) is 23.8. The van der Waals surface area contributed by atoms with E-state index < -0.39 is 56.0 Å². The summed E-state index contributed by atoms with van der Waals surface area (Å²) in [7, 11) is -4.48. The van der Waals surface area contributed by atoms with E-state index in [9.17, 15) is 49.1 Å². The van der Waals surface area contributed by atoms with E-state index in [4.69, 9.17) is 0 Å². The lowest BCUT2D eigenvalue weighted by atomic mass is 9.76. The number of alkyl halides is 7. The molecule has 1 aliphatic heterocycles. The quantitative estimate of drug-likeness (QED) is 0.232. The van der Waals surface area contributed by atoms with Crippen molar-refractivity contribution in [3.8, 4) is 0 Å². The molecule has 0 saturated carbocycles. The maximum Gasteiger partial charge on any atom is 0.435 e. The van der Waals surface area contributed by atoms with E-state index in [1.165, 1.54) is 6.07 Å². The average molecular weight is 660 g/mol. The third-order valence-electron chi connectivity index (χ3n) is 9.55. The first-order valence-electron chi connectivity index (χ1n) is 14.0. The summed E-state index contributed by atoms with van der Waals surface area (Å²) in [5.41, 5.74) is -5.88. The highest BCUT2D eigenvalue weighted by atomic mass is 32.2. The number of likely N-dealkylation sites (tertiary alicyclic amines) is 1. The second-order valence-electron chi connectivity index (χ2n) is 11.7. The molecular formula is C31H25F8NO4S. The van der Waals surface area contributed by atoms with Crippen LogP contribution in [0.2, 0.25) is 0 Å². The zero-order valence-electron chi connectivity index (χ0n) is 23.2. The van der Waals surface area contributed by atoms with Crippen LogP contribution >= 0.6 is 0 Å². The van der Waals surface area contributed by atoms with E-state index in [2.05, 4.69) is 0 Å². The number of sulfone groups is 1. The molecule has 2 aliphatic carbocycles. The summed E-state index contributed by atoms with van der Waals surface area (Å²) in [5.74, 6) is -1.82. The van der Waals surface area contributed by atoms with Crippen LogP contribution in [0, 0.1) is 5.82 Å². The second-order valence-corrected chi connectivity index (χ2v) is 13.9. The molecule has 0 spiro atoms. The van der Waals surface area contributed by atoms with Crippen LogP contribution in [-0.2, 0) is 33.1 Å². The predicted octanol–water partition coefficient (Wildman–Crippen LogP) is 7.19. The lowest BCUT2D eigenvalue weighted by Crippen LogP contribution is -2.52. The number of halogens is 8. The molecule has 1 fully saturated rings. The summed E-state index contributed by atoms with van der Waals surface area (Å²) >= 11 is 0. The number of carboxylic acids is 1. The molecule has 6 rings (SSSR count). The summed E-state index contributed by atoms with van der Waals surface area (Å²) in [6.07, 6.45) is -11.9. The highest BCUT2D eigenvalue weighted by Crippen LogP contribution is 2.58. The van der Waals surface area contributed by atoms with Crippen LogP contribution in [0.5, 0.6) is 0 Å². The molecular weight excluding hydrogens is 634 g/mol. The van der Waals surface area contributed by atoms with E-state index in [0.29, 0.717) is 25.0 Å². The maximum atomic E-state index is 15.0. The zero-order chi connectivity index (χ0) is 32.7. The Balaban J connectivity index is 1.51. The lowest BCUT2D eigenvalue weighted by molar-refractivity contribution is -0.348. The van der Waals surface area contributed by atoms with Gasteiger partial charge in [0.1, 0.15) is 10.6 Å². The molecule has 0 amide bonds. The molecule has 5 nitrogen and oxygen atoms in total. The van der Waals surface area contributed by atoms with Gasteiger partial charge in [0.15, 0.2) is 9.84 Å². The third-order valence-corrected chi connectivity index (χ3v) is 12.1. The number of aryl methyl sites for hydroxylation is 2. The van der Waals surface area contributed by atoms with Crippen molar-refractivity contribution >= 4 is 15.8 Å². The summed E-state index contributed by atoms with van der Waals surface area (Å²) in [6.45, 7) is 0.176. The van der Waals surface area contributed by atoms with Crippen LogP contribution in [0.1, 0.15) is 63.5 Å². The molecule has 0 aromatic heterocycles. The Labute approximate surface area is 252 Å². The highest BCUT2D eigenvalue weighted by molar-refractivity contribution is 7.92. The Morgan fingerprint density at radius 2 is 1.49 bits per heavy atom. The highest BCUT2D eigenvalue weighted by Gasteiger charge is 2.74. The predicted molar refractivity (Wildman–Crippen MR) is 144 cm³/mol. The van der Waals surface area contributed by atoms with Gasteiger partial charge < -0.3 is 5.11 Å². The van der Waals surface area contributed by atoms with Crippen LogP contribution in [-0.4, -0.2) is 49.3 Å². The molecule has 14 heteroatoms. The smallest absolute Gasteiger partial charge is 0.435 e. The molecule has 3 atom stereocenters. The van der Waals surface area contributed by atoms with Gasteiger partial charge in [0.05, 0.1) is 10.5 Å². The first kappa shape index (κ1) is 31.5. The fourth-order valence-corrected chi connectivity index (χ4v) is 9.91. The minimum atomic E-state index is -6.34. The van der Waals surface area contributed by atoms with E-state index in [-0.39, 0.29) is 53.4 Å². The summed E-state index contributed by atoms with van der Waals surface area (Å²) in [6, 6.07) is 9.19. The molecule has 1 saturated heterocycles. The Bertz CT molecular complexity index is 1770. The minimum absolute atomic E-state index is 0.00718. The van der Waals surface area contributed by atoms with Gasteiger partial charge in [0.2, 0.25) is 0 Å². The van der Waals surface area contributed by atoms with E-state index in [0.717, 1.165) is 41.5 Å². The molecule has 1 heterocycles.